The van der Waals surface area contributed by atoms with Crippen LogP contribution in [-0.4, -0.2) is 58.5 Å². The summed E-state index contributed by atoms with van der Waals surface area (Å²) in [7, 11) is 1.99. The smallest absolute Gasteiger partial charge is 0.239 e. The third-order valence-electron chi connectivity index (χ3n) is 5.47. The number of aromatic nitrogens is 3. The molecule has 30 heavy (non-hydrogen) atoms. The molecule has 3 aromatic rings. The van der Waals surface area contributed by atoms with Crippen LogP contribution >= 0.6 is 11.3 Å². The van der Waals surface area contributed by atoms with Crippen LogP contribution < -0.4 is 10.6 Å². The standard InChI is InChI=1S/C21H26N6O2S/c1-13-4-5-17(29-13)20-24-16(21-23-8-9-30-21)10-18(26-20)25-19(28)12-27(3)14(2)15-6-7-22-11-15/h4-5,8-10,14-15,22H,6-7,11-12H2,1-3H3,(H,24,25,26,28). The molecule has 0 aliphatic carbocycles. The molecule has 1 aliphatic heterocycles. The predicted octanol–water partition coefficient (Wildman–Crippen LogP) is 3.04. The zero-order valence-electron chi connectivity index (χ0n) is 17.4. The molecular weight excluding hydrogens is 400 g/mol. The van der Waals surface area contributed by atoms with E-state index in [1.165, 1.54) is 11.3 Å². The molecule has 2 unspecified atom stereocenters. The van der Waals surface area contributed by atoms with E-state index in [-0.39, 0.29) is 5.91 Å². The Labute approximate surface area is 179 Å². The van der Waals surface area contributed by atoms with Crippen molar-refractivity contribution >= 4 is 23.1 Å². The highest BCUT2D eigenvalue weighted by Crippen LogP contribution is 2.26. The zero-order chi connectivity index (χ0) is 21.1. The van der Waals surface area contributed by atoms with Crippen molar-refractivity contribution in [3.63, 3.8) is 0 Å². The average Bonchev–Trinajstić information content (AvgIpc) is 3.49. The van der Waals surface area contributed by atoms with E-state index in [0.717, 1.165) is 30.3 Å². The first-order valence-electron chi connectivity index (χ1n) is 10.1. The van der Waals surface area contributed by atoms with Crippen molar-refractivity contribution in [3.05, 3.63) is 35.5 Å². The fourth-order valence-electron chi connectivity index (χ4n) is 3.64. The van der Waals surface area contributed by atoms with Crippen molar-refractivity contribution in [1.82, 2.24) is 25.2 Å². The van der Waals surface area contributed by atoms with Crippen LogP contribution in [0.25, 0.3) is 22.3 Å². The molecule has 0 spiro atoms. The Balaban J connectivity index is 1.52. The number of carbonyl (C=O) groups is 1. The lowest BCUT2D eigenvalue weighted by atomic mass is 9.99. The van der Waals surface area contributed by atoms with E-state index in [0.29, 0.717) is 41.6 Å². The molecule has 1 fully saturated rings. The van der Waals surface area contributed by atoms with Gasteiger partial charge >= 0.3 is 0 Å². The van der Waals surface area contributed by atoms with Gasteiger partial charge in [-0.05, 0) is 58.5 Å². The first-order valence-corrected chi connectivity index (χ1v) is 10.9. The van der Waals surface area contributed by atoms with Crippen LogP contribution in [0.5, 0.6) is 0 Å². The Bertz CT molecular complexity index is 997. The largest absolute Gasteiger partial charge is 0.458 e. The van der Waals surface area contributed by atoms with E-state index in [1.54, 1.807) is 12.3 Å². The Kier molecular flexibility index (Phi) is 6.21. The maximum absolute atomic E-state index is 12.7. The Hall–Kier alpha value is -2.62. The van der Waals surface area contributed by atoms with E-state index < -0.39 is 0 Å². The molecule has 8 nitrogen and oxygen atoms in total. The van der Waals surface area contributed by atoms with Crippen LogP contribution in [0.1, 0.15) is 19.1 Å². The van der Waals surface area contributed by atoms with Crippen molar-refractivity contribution in [3.8, 4) is 22.3 Å². The van der Waals surface area contributed by atoms with Gasteiger partial charge in [0.15, 0.2) is 11.6 Å². The second-order valence-corrected chi connectivity index (χ2v) is 8.56. The minimum atomic E-state index is -0.110. The summed E-state index contributed by atoms with van der Waals surface area (Å²) >= 11 is 1.48. The number of likely N-dealkylation sites (N-methyl/N-ethyl adjacent to an activating group) is 1. The first kappa shape index (κ1) is 20.6. The van der Waals surface area contributed by atoms with Gasteiger partial charge in [0.1, 0.15) is 22.3 Å². The molecule has 0 bridgehead atoms. The number of rotatable bonds is 7. The Morgan fingerprint density at radius 1 is 1.43 bits per heavy atom. The molecule has 4 heterocycles. The molecule has 9 heteroatoms. The number of amides is 1. The van der Waals surface area contributed by atoms with E-state index in [4.69, 9.17) is 4.42 Å². The van der Waals surface area contributed by atoms with Gasteiger partial charge in [0.2, 0.25) is 5.91 Å². The number of thiazole rings is 1. The van der Waals surface area contributed by atoms with Gasteiger partial charge in [-0.1, -0.05) is 0 Å². The van der Waals surface area contributed by atoms with Crippen LogP contribution in [0.4, 0.5) is 5.82 Å². The topological polar surface area (TPSA) is 96.2 Å². The summed E-state index contributed by atoms with van der Waals surface area (Å²) in [5.41, 5.74) is 0.651. The number of nitrogens with zero attached hydrogens (tertiary/aromatic N) is 4. The van der Waals surface area contributed by atoms with E-state index in [9.17, 15) is 4.79 Å². The zero-order valence-corrected chi connectivity index (χ0v) is 18.2. The predicted molar refractivity (Wildman–Crippen MR) is 117 cm³/mol. The van der Waals surface area contributed by atoms with Gasteiger partial charge in [0, 0.05) is 23.7 Å². The Morgan fingerprint density at radius 2 is 2.30 bits per heavy atom. The Morgan fingerprint density at radius 3 is 2.97 bits per heavy atom. The highest BCUT2D eigenvalue weighted by atomic mass is 32.1. The van der Waals surface area contributed by atoms with Crippen molar-refractivity contribution < 1.29 is 9.21 Å². The molecule has 2 N–H and O–H groups in total. The van der Waals surface area contributed by atoms with E-state index in [1.807, 2.05) is 31.5 Å². The number of hydrogen-bond acceptors (Lipinski definition) is 8. The van der Waals surface area contributed by atoms with Crippen LogP contribution in [-0.2, 0) is 4.79 Å². The maximum atomic E-state index is 12.7. The monoisotopic (exact) mass is 426 g/mol. The van der Waals surface area contributed by atoms with Gasteiger partial charge in [-0.2, -0.15) is 0 Å². The van der Waals surface area contributed by atoms with Gasteiger partial charge in [0.05, 0.1) is 6.54 Å². The maximum Gasteiger partial charge on any atom is 0.239 e. The lowest BCUT2D eigenvalue weighted by Gasteiger charge is -2.28. The van der Waals surface area contributed by atoms with Crippen LogP contribution in [0, 0.1) is 12.8 Å². The van der Waals surface area contributed by atoms with Crippen molar-refractivity contribution in [2.24, 2.45) is 5.92 Å². The summed E-state index contributed by atoms with van der Waals surface area (Å²) in [5.74, 6) is 2.64. The minimum absolute atomic E-state index is 0.110. The number of anilines is 1. The molecule has 1 amide bonds. The lowest BCUT2D eigenvalue weighted by molar-refractivity contribution is -0.117. The molecule has 1 saturated heterocycles. The van der Waals surface area contributed by atoms with E-state index in [2.05, 4.69) is 37.4 Å². The summed E-state index contributed by atoms with van der Waals surface area (Å²) in [6.07, 6.45) is 2.87. The van der Waals surface area contributed by atoms with Crippen molar-refractivity contribution in [2.75, 3.05) is 32.0 Å². The quantitative estimate of drug-likeness (QED) is 0.599. The normalized spacial score (nSPS) is 17.4. The molecular formula is C21H26N6O2S. The SMILES string of the molecule is Cc1ccc(-c2nc(NC(=O)CN(C)C(C)C3CCNC3)cc(-c3nccs3)n2)o1. The summed E-state index contributed by atoms with van der Waals surface area (Å²) in [6.45, 7) is 6.39. The second-order valence-electron chi connectivity index (χ2n) is 7.67. The van der Waals surface area contributed by atoms with Gasteiger partial charge in [0.25, 0.3) is 0 Å². The van der Waals surface area contributed by atoms with Crippen LogP contribution in [0.15, 0.2) is 34.2 Å². The summed E-state index contributed by atoms with van der Waals surface area (Å²) in [6, 6.07) is 5.76. The number of nitrogens with one attached hydrogen (secondary N) is 2. The third-order valence-corrected chi connectivity index (χ3v) is 6.27. The molecule has 3 aromatic heterocycles. The van der Waals surface area contributed by atoms with Crippen LogP contribution in [0.2, 0.25) is 0 Å². The fourth-order valence-corrected chi connectivity index (χ4v) is 4.23. The summed E-state index contributed by atoms with van der Waals surface area (Å²) in [5, 5.41) is 8.96. The second kappa shape index (κ2) is 9.03. The summed E-state index contributed by atoms with van der Waals surface area (Å²) < 4.78 is 5.69. The number of furan rings is 1. The minimum Gasteiger partial charge on any atom is -0.458 e. The molecule has 4 rings (SSSR count). The fraction of sp³-hybridized carbons (Fsp3) is 0.429. The molecule has 0 radical (unpaired) electrons. The van der Waals surface area contributed by atoms with E-state index >= 15 is 0 Å². The highest BCUT2D eigenvalue weighted by Gasteiger charge is 2.25. The average molecular weight is 427 g/mol. The molecule has 0 saturated carbocycles. The van der Waals surface area contributed by atoms with Gasteiger partial charge in [-0.15, -0.1) is 11.3 Å². The highest BCUT2D eigenvalue weighted by molar-refractivity contribution is 7.13. The molecule has 2 atom stereocenters. The number of carbonyl (C=O) groups excluding carboxylic acids is 1. The lowest BCUT2D eigenvalue weighted by Crippen LogP contribution is -2.41. The number of aryl methyl sites for hydroxylation is 1. The molecule has 0 aromatic carbocycles. The third kappa shape index (κ3) is 4.75. The van der Waals surface area contributed by atoms with Gasteiger partial charge in [-0.3, -0.25) is 9.69 Å². The van der Waals surface area contributed by atoms with Crippen molar-refractivity contribution in [2.45, 2.75) is 26.3 Å². The first-order chi connectivity index (χ1) is 14.5. The van der Waals surface area contributed by atoms with Crippen molar-refractivity contribution in [1.29, 1.82) is 0 Å². The number of hydrogen-bond donors (Lipinski definition) is 2. The summed E-state index contributed by atoms with van der Waals surface area (Å²) in [4.78, 5) is 28.2. The molecule has 1 aliphatic rings. The van der Waals surface area contributed by atoms with Gasteiger partial charge < -0.3 is 15.1 Å². The van der Waals surface area contributed by atoms with Crippen LogP contribution in [0.3, 0.4) is 0 Å². The van der Waals surface area contributed by atoms with Gasteiger partial charge in [-0.25, -0.2) is 15.0 Å². The molecule has 158 valence electrons.